The first kappa shape index (κ1) is 19.5. The molecule has 1 rings (SSSR count). The Morgan fingerprint density at radius 3 is 2.48 bits per heavy atom. The molecule has 0 bridgehead atoms. The van der Waals surface area contributed by atoms with Crippen LogP contribution in [-0.4, -0.2) is 30.8 Å². The van der Waals surface area contributed by atoms with Gasteiger partial charge in [0.1, 0.15) is 5.60 Å². The standard InChI is InChI=1S/C17H22INO4/c1-5-22-15(20)11-8-12-19(16(21)23-17(2,3)4)14-10-7-6-9-13(14)18/h6-11H,5,12H2,1-4H3/b11-8+. The third kappa shape index (κ3) is 7.02. The number of carbonyl (C=O) groups is 2. The first-order chi connectivity index (χ1) is 10.7. The minimum atomic E-state index is -0.597. The molecule has 0 N–H and O–H groups in total. The number of hydrogen-bond donors (Lipinski definition) is 0. The van der Waals surface area contributed by atoms with Gasteiger partial charge in [-0.15, -0.1) is 0 Å². The number of benzene rings is 1. The van der Waals surface area contributed by atoms with E-state index in [1.807, 2.05) is 45.0 Å². The summed E-state index contributed by atoms with van der Waals surface area (Å²) < 4.78 is 11.2. The molecule has 6 heteroatoms. The molecule has 0 radical (unpaired) electrons. The van der Waals surface area contributed by atoms with E-state index in [2.05, 4.69) is 22.6 Å². The van der Waals surface area contributed by atoms with Gasteiger partial charge in [-0.2, -0.15) is 0 Å². The minimum absolute atomic E-state index is 0.216. The van der Waals surface area contributed by atoms with Crippen LogP contribution in [-0.2, 0) is 14.3 Å². The lowest BCUT2D eigenvalue weighted by Gasteiger charge is -2.27. The van der Waals surface area contributed by atoms with E-state index < -0.39 is 17.7 Å². The lowest BCUT2D eigenvalue weighted by Crippen LogP contribution is -2.37. The van der Waals surface area contributed by atoms with E-state index in [4.69, 9.17) is 9.47 Å². The summed E-state index contributed by atoms with van der Waals surface area (Å²) in [7, 11) is 0. The average molecular weight is 431 g/mol. The average Bonchev–Trinajstić information content (AvgIpc) is 2.43. The highest BCUT2D eigenvalue weighted by atomic mass is 127. The Morgan fingerprint density at radius 2 is 1.91 bits per heavy atom. The van der Waals surface area contributed by atoms with E-state index in [-0.39, 0.29) is 6.54 Å². The van der Waals surface area contributed by atoms with Crippen molar-refractivity contribution < 1.29 is 19.1 Å². The van der Waals surface area contributed by atoms with Crippen molar-refractivity contribution in [3.8, 4) is 0 Å². The molecule has 0 unspecified atom stereocenters. The molecule has 0 aliphatic heterocycles. The zero-order chi connectivity index (χ0) is 17.5. The SMILES string of the molecule is CCOC(=O)/C=C/CN(C(=O)OC(C)(C)C)c1ccccc1I. The van der Waals surface area contributed by atoms with Crippen molar-refractivity contribution >= 4 is 40.3 Å². The van der Waals surface area contributed by atoms with Crippen molar-refractivity contribution in [2.45, 2.75) is 33.3 Å². The van der Waals surface area contributed by atoms with Gasteiger partial charge in [0, 0.05) is 16.2 Å². The van der Waals surface area contributed by atoms with Crippen molar-refractivity contribution in [2.24, 2.45) is 0 Å². The fraction of sp³-hybridized carbons (Fsp3) is 0.412. The summed E-state index contributed by atoms with van der Waals surface area (Å²) in [6, 6.07) is 7.49. The second kappa shape index (κ2) is 8.90. The first-order valence-electron chi connectivity index (χ1n) is 7.33. The van der Waals surface area contributed by atoms with Gasteiger partial charge >= 0.3 is 12.1 Å². The van der Waals surface area contributed by atoms with Crippen LogP contribution in [0.15, 0.2) is 36.4 Å². The molecular weight excluding hydrogens is 409 g/mol. The molecule has 1 amide bonds. The summed E-state index contributed by atoms with van der Waals surface area (Å²) in [5, 5.41) is 0. The smallest absolute Gasteiger partial charge is 0.415 e. The summed E-state index contributed by atoms with van der Waals surface area (Å²) >= 11 is 2.16. The molecule has 0 saturated carbocycles. The van der Waals surface area contributed by atoms with Crippen LogP contribution in [0.4, 0.5) is 10.5 Å². The Hall–Kier alpha value is -1.57. The van der Waals surface area contributed by atoms with Crippen molar-refractivity contribution in [3.05, 3.63) is 40.0 Å². The van der Waals surface area contributed by atoms with Crippen LogP contribution >= 0.6 is 22.6 Å². The zero-order valence-electron chi connectivity index (χ0n) is 13.8. The van der Waals surface area contributed by atoms with Gasteiger partial charge in [0.2, 0.25) is 0 Å². The largest absolute Gasteiger partial charge is 0.463 e. The number of para-hydroxylation sites is 1. The highest BCUT2D eigenvalue weighted by molar-refractivity contribution is 14.1. The molecule has 0 heterocycles. The summed E-state index contributed by atoms with van der Waals surface area (Å²) in [6.45, 7) is 7.71. The molecule has 0 fully saturated rings. The maximum absolute atomic E-state index is 12.5. The highest BCUT2D eigenvalue weighted by Gasteiger charge is 2.23. The van der Waals surface area contributed by atoms with Crippen LogP contribution in [0.1, 0.15) is 27.7 Å². The Morgan fingerprint density at radius 1 is 1.26 bits per heavy atom. The number of anilines is 1. The van der Waals surface area contributed by atoms with Gasteiger partial charge in [0.15, 0.2) is 0 Å². The number of carbonyl (C=O) groups excluding carboxylic acids is 2. The molecule has 0 atom stereocenters. The van der Waals surface area contributed by atoms with Crippen LogP contribution in [0.2, 0.25) is 0 Å². The number of hydrogen-bond acceptors (Lipinski definition) is 4. The fourth-order valence-electron chi connectivity index (χ4n) is 1.70. The van der Waals surface area contributed by atoms with Gasteiger partial charge in [0.05, 0.1) is 12.3 Å². The molecule has 1 aromatic carbocycles. The normalized spacial score (nSPS) is 11.3. The summed E-state index contributed by atoms with van der Waals surface area (Å²) in [5.74, 6) is -0.431. The van der Waals surface area contributed by atoms with Gasteiger partial charge in [-0.05, 0) is 62.4 Å². The Bertz CT molecular complexity index is 578. The fourth-order valence-corrected chi connectivity index (χ4v) is 2.38. The van der Waals surface area contributed by atoms with Gasteiger partial charge < -0.3 is 9.47 Å². The summed E-state index contributed by atoms with van der Waals surface area (Å²) in [4.78, 5) is 25.3. The predicted molar refractivity (Wildman–Crippen MR) is 98.5 cm³/mol. The predicted octanol–water partition coefficient (Wildman–Crippen LogP) is 4.15. The number of ether oxygens (including phenoxy) is 2. The van der Waals surface area contributed by atoms with E-state index in [9.17, 15) is 9.59 Å². The molecule has 0 aliphatic carbocycles. The maximum Gasteiger partial charge on any atom is 0.415 e. The summed E-state index contributed by atoms with van der Waals surface area (Å²) in [5.41, 5.74) is 0.135. The molecular formula is C17H22INO4. The van der Waals surface area contributed by atoms with Crippen molar-refractivity contribution in [1.82, 2.24) is 0 Å². The number of nitrogens with zero attached hydrogens (tertiary/aromatic N) is 1. The topological polar surface area (TPSA) is 55.8 Å². The lowest BCUT2D eigenvalue weighted by molar-refractivity contribution is -0.137. The van der Waals surface area contributed by atoms with Crippen LogP contribution in [0.25, 0.3) is 0 Å². The van der Waals surface area contributed by atoms with Gasteiger partial charge in [0.25, 0.3) is 0 Å². The van der Waals surface area contributed by atoms with Crippen LogP contribution in [0, 0.1) is 3.57 Å². The highest BCUT2D eigenvalue weighted by Crippen LogP contribution is 2.24. The van der Waals surface area contributed by atoms with Crippen molar-refractivity contribution in [2.75, 3.05) is 18.1 Å². The van der Waals surface area contributed by atoms with Crippen LogP contribution in [0.5, 0.6) is 0 Å². The van der Waals surface area contributed by atoms with E-state index in [0.29, 0.717) is 6.61 Å². The minimum Gasteiger partial charge on any atom is -0.463 e. The van der Waals surface area contributed by atoms with Gasteiger partial charge in [-0.3, -0.25) is 4.90 Å². The van der Waals surface area contributed by atoms with E-state index in [1.165, 1.54) is 11.0 Å². The van der Waals surface area contributed by atoms with Crippen LogP contribution in [0.3, 0.4) is 0 Å². The third-order valence-electron chi connectivity index (χ3n) is 2.59. The molecule has 0 spiro atoms. The second-order valence-corrected chi connectivity index (χ2v) is 6.86. The third-order valence-corrected chi connectivity index (χ3v) is 3.50. The molecule has 1 aromatic rings. The van der Waals surface area contributed by atoms with E-state index in [1.54, 1.807) is 13.0 Å². The lowest BCUT2D eigenvalue weighted by atomic mass is 10.2. The molecule has 5 nitrogen and oxygen atoms in total. The monoisotopic (exact) mass is 431 g/mol. The Balaban J connectivity index is 2.96. The van der Waals surface area contributed by atoms with E-state index >= 15 is 0 Å². The maximum atomic E-state index is 12.5. The molecule has 126 valence electrons. The van der Waals surface area contributed by atoms with Crippen molar-refractivity contribution in [1.29, 1.82) is 0 Å². The quantitative estimate of drug-likeness (QED) is 0.399. The molecule has 0 aromatic heterocycles. The number of amides is 1. The van der Waals surface area contributed by atoms with Gasteiger partial charge in [-0.1, -0.05) is 18.2 Å². The van der Waals surface area contributed by atoms with Crippen molar-refractivity contribution in [3.63, 3.8) is 0 Å². The molecule has 0 saturated heterocycles. The van der Waals surface area contributed by atoms with E-state index in [0.717, 1.165) is 9.26 Å². The second-order valence-electron chi connectivity index (χ2n) is 5.70. The Kier molecular flexibility index (Phi) is 7.54. The Labute approximate surface area is 150 Å². The first-order valence-corrected chi connectivity index (χ1v) is 8.41. The molecule has 23 heavy (non-hydrogen) atoms. The van der Waals surface area contributed by atoms with Crippen LogP contribution < -0.4 is 4.90 Å². The zero-order valence-corrected chi connectivity index (χ0v) is 16.0. The summed E-state index contributed by atoms with van der Waals surface area (Å²) in [6.07, 6.45) is 2.44. The van der Waals surface area contributed by atoms with Gasteiger partial charge in [-0.25, -0.2) is 9.59 Å². The number of halogens is 1. The number of rotatable bonds is 5. The molecule has 0 aliphatic rings. The number of esters is 1.